The number of ether oxygens (including phenoxy) is 1. The van der Waals surface area contributed by atoms with Crippen molar-refractivity contribution in [1.82, 2.24) is 30.4 Å². The number of barbiturate groups is 1. The second-order valence-electron chi connectivity index (χ2n) is 7.16. The molecule has 13 heteroatoms. The highest BCUT2D eigenvalue weighted by molar-refractivity contribution is 6.16. The molecule has 1 fully saturated rings. The number of aromatic amines is 1. The molecule has 4 N–H and O–H groups in total. The van der Waals surface area contributed by atoms with Gasteiger partial charge in [-0.25, -0.2) is 14.6 Å². The topological polar surface area (TPSA) is 178 Å². The number of phenols is 1. The van der Waals surface area contributed by atoms with Gasteiger partial charge >= 0.3 is 12.0 Å². The van der Waals surface area contributed by atoms with Gasteiger partial charge in [0.1, 0.15) is 23.9 Å². The van der Waals surface area contributed by atoms with Crippen LogP contribution in [0.2, 0.25) is 0 Å². The first-order chi connectivity index (χ1) is 15.2. The van der Waals surface area contributed by atoms with Gasteiger partial charge < -0.3 is 15.1 Å². The number of aromatic hydroxyl groups is 1. The molecule has 0 bridgehead atoms. The van der Waals surface area contributed by atoms with Crippen LogP contribution >= 0.6 is 0 Å². The standard InChI is InChI=1S/C19H19N7O6/c1-8-9(2)26(31)17(25(8)18-20-7-21-24-18)13(10-4-5-12(32-3)11(27)6-10)14-15(28)22-19(30)23-16(14)29/h4-7,13-14,27H,1-3H3,(H,20,21,24)(H2,22,23,28,29,30)/t13-/m1/s1. The van der Waals surface area contributed by atoms with Crippen molar-refractivity contribution in [3.63, 3.8) is 0 Å². The van der Waals surface area contributed by atoms with Crippen molar-refractivity contribution < 1.29 is 29.0 Å². The second-order valence-corrected chi connectivity index (χ2v) is 7.16. The number of imidazole rings is 1. The molecular weight excluding hydrogens is 422 g/mol. The predicted octanol–water partition coefficient (Wildman–Crippen LogP) is -0.326. The van der Waals surface area contributed by atoms with Crippen molar-refractivity contribution in [1.29, 1.82) is 0 Å². The van der Waals surface area contributed by atoms with Crippen LogP contribution in [0.1, 0.15) is 28.7 Å². The van der Waals surface area contributed by atoms with E-state index in [-0.39, 0.29) is 28.8 Å². The fourth-order valence-electron chi connectivity index (χ4n) is 3.81. The van der Waals surface area contributed by atoms with Gasteiger partial charge in [-0.3, -0.25) is 20.2 Å². The average molecular weight is 441 g/mol. The van der Waals surface area contributed by atoms with Crippen molar-refractivity contribution in [2.24, 2.45) is 5.92 Å². The van der Waals surface area contributed by atoms with Gasteiger partial charge in [-0.15, -0.1) is 0 Å². The van der Waals surface area contributed by atoms with Crippen LogP contribution in [-0.2, 0) is 9.59 Å². The smallest absolute Gasteiger partial charge is 0.328 e. The Balaban J connectivity index is 2.01. The van der Waals surface area contributed by atoms with E-state index in [0.717, 1.165) is 0 Å². The lowest BCUT2D eigenvalue weighted by atomic mass is 9.82. The minimum atomic E-state index is -1.50. The number of hydrogen-bond acceptors (Lipinski definition) is 8. The van der Waals surface area contributed by atoms with Crippen molar-refractivity contribution in [3.05, 3.63) is 52.5 Å². The van der Waals surface area contributed by atoms with Crippen molar-refractivity contribution in [2.45, 2.75) is 19.8 Å². The molecule has 3 heterocycles. The van der Waals surface area contributed by atoms with Crippen LogP contribution in [0.25, 0.3) is 5.95 Å². The molecule has 1 aliphatic heterocycles. The van der Waals surface area contributed by atoms with E-state index in [1.807, 2.05) is 0 Å². The monoisotopic (exact) mass is 441 g/mol. The van der Waals surface area contributed by atoms with Gasteiger partial charge in [0.15, 0.2) is 17.2 Å². The van der Waals surface area contributed by atoms with E-state index in [1.54, 1.807) is 13.8 Å². The third-order valence-electron chi connectivity index (χ3n) is 5.43. The minimum absolute atomic E-state index is 0.0361. The fraction of sp³-hybridized carbons (Fsp3) is 0.263. The van der Waals surface area contributed by atoms with Crippen molar-refractivity contribution in [2.75, 3.05) is 7.11 Å². The third kappa shape index (κ3) is 3.19. The zero-order valence-electron chi connectivity index (χ0n) is 17.2. The number of nitrogens with zero attached hydrogens (tertiary/aromatic N) is 4. The van der Waals surface area contributed by atoms with Gasteiger partial charge in [-0.1, -0.05) is 6.07 Å². The Hall–Kier alpha value is -4.42. The van der Waals surface area contributed by atoms with Crippen LogP contribution in [0.5, 0.6) is 11.5 Å². The molecule has 4 amide bonds. The molecular formula is C19H19N7O6. The summed E-state index contributed by atoms with van der Waals surface area (Å²) in [5.74, 6) is -4.44. The quantitative estimate of drug-likeness (QED) is 0.236. The normalized spacial score (nSPS) is 15.4. The number of carbonyl (C=O) groups excluding carboxylic acids is 3. The summed E-state index contributed by atoms with van der Waals surface area (Å²) in [6.45, 7) is 3.24. The number of carbonyl (C=O) groups is 3. The summed E-state index contributed by atoms with van der Waals surface area (Å²) in [5.41, 5.74) is 1.05. The van der Waals surface area contributed by atoms with Crippen LogP contribution < -0.4 is 20.1 Å². The number of phenolic OH excluding ortho intramolecular Hbond substituents is 1. The van der Waals surface area contributed by atoms with Crippen LogP contribution in [0.4, 0.5) is 4.79 Å². The molecule has 13 nitrogen and oxygen atoms in total. The summed E-state index contributed by atoms with van der Waals surface area (Å²) in [4.78, 5) is 41.3. The van der Waals surface area contributed by atoms with Crippen LogP contribution in [0, 0.1) is 25.0 Å². The molecule has 1 saturated heterocycles. The Morgan fingerprint density at radius 2 is 1.91 bits per heavy atom. The summed E-state index contributed by atoms with van der Waals surface area (Å²) in [6.07, 6.45) is 1.25. The number of aromatic nitrogens is 5. The lowest BCUT2D eigenvalue weighted by Crippen LogP contribution is -2.58. The SMILES string of the molecule is COc1ccc([C@@H](c2n(-c3ncn[nH]3)c(C)c(C)[n+]2[O-])C2C(=O)NC(=O)NC2=O)cc1O. The number of H-pyrrole nitrogens is 1. The van der Waals surface area contributed by atoms with E-state index >= 15 is 0 Å². The summed E-state index contributed by atoms with van der Waals surface area (Å²) in [6, 6.07) is 3.30. The molecule has 0 aliphatic carbocycles. The number of nitrogens with one attached hydrogen (secondary N) is 3. The average Bonchev–Trinajstić information content (AvgIpc) is 3.34. The van der Waals surface area contributed by atoms with Gasteiger partial charge in [0.05, 0.1) is 7.11 Å². The Morgan fingerprint density at radius 1 is 1.22 bits per heavy atom. The van der Waals surface area contributed by atoms with Gasteiger partial charge in [0.2, 0.25) is 11.8 Å². The molecule has 1 aromatic carbocycles. The Kier molecular flexibility index (Phi) is 5.00. The maximum Gasteiger partial charge on any atom is 0.328 e. The van der Waals surface area contributed by atoms with Crippen LogP contribution in [-0.4, -0.2) is 49.8 Å². The van der Waals surface area contributed by atoms with E-state index in [2.05, 4.69) is 25.8 Å². The zero-order chi connectivity index (χ0) is 23.2. The van der Waals surface area contributed by atoms with Crippen LogP contribution in [0.3, 0.4) is 0 Å². The number of amides is 4. The lowest BCUT2D eigenvalue weighted by Gasteiger charge is -2.27. The maximum atomic E-state index is 13.3. The second kappa shape index (κ2) is 7.68. The van der Waals surface area contributed by atoms with Crippen molar-refractivity contribution >= 4 is 17.8 Å². The molecule has 4 rings (SSSR count). The Bertz CT molecular complexity index is 1210. The van der Waals surface area contributed by atoms with E-state index in [4.69, 9.17) is 4.74 Å². The summed E-state index contributed by atoms with van der Waals surface area (Å²) in [7, 11) is 1.37. The fourth-order valence-corrected chi connectivity index (χ4v) is 3.81. The van der Waals surface area contributed by atoms with Gasteiger partial charge in [0, 0.05) is 13.8 Å². The highest BCUT2D eigenvalue weighted by Gasteiger charge is 2.48. The molecule has 1 atom stereocenters. The third-order valence-corrected chi connectivity index (χ3v) is 5.43. The largest absolute Gasteiger partial charge is 0.711 e. The number of imide groups is 2. The van der Waals surface area contributed by atoms with Crippen LogP contribution in [0.15, 0.2) is 24.5 Å². The van der Waals surface area contributed by atoms with E-state index in [0.29, 0.717) is 16.1 Å². The molecule has 1 aliphatic rings. The van der Waals surface area contributed by atoms with Gasteiger partial charge in [0.25, 0.3) is 5.82 Å². The Labute approximate surface area is 180 Å². The van der Waals surface area contributed by atoms with Crippen molar-refractivity contribution in [3.8, 4) is 17.4 Å². The highest BCUT2D eigenvalue weighted by atomic mass is 16.5. The molecule has 3 aromatic rings. The van der Waals surface area contributed by atoms with E-state index < -0.39 is 29.7 Å². The molecule has 0 radical (unpaired) electrons. The highest BCUT2D eigenvalue weighted by Crippen LogP contribution is 2.38. The summed E-state index contributed by atoms with van der Waals surface area (Å²) < 4.78 is 7.10. The number of urea groups is 1. The number of methoxy groups -OCH3 is 1. The number of hydrogen-bond donors (Lipinski definition) is 4. The first-order valence-corrected chi connectivity index (χ1v) is 9.44. The summed E-state index contributed by atoms with van der Waals surface area (Å²) >= 11 is 0. The number of rotatable bonds is 5. The first kappa shape index (κ1) is 20.8. The Morgan fingerprint density at radius 3 is 2.47 bits per heavy atom. The molecule has 0 saturated carbocycles. The molecule has 166 valence electrons. The zero-order valence-corrected chi connectivity index (χ0v) is 17.2. The van der Waals surface area contributed by atoms with E-state index in [1.165, 1.54) is 36.2 Å². The molecule has 0 spiro atoms. The molecule has 2 aromatic heterocycles. The van der Waals surface area contributed by atoms with Gasteiger partial charge in [-0.05, 0) is 17.7 Å². The number of benzene rings is 1. The molecule has 32 heavy (non-hydrogen) atoms. The predicted molar refractivity (Wildman–Crippen MR) is 106 cm³/mol. The maximum absolute atomic E-state index is 13.3. The lowest BCUT2D eigenvalue weighted by molar-refractivity contribution is -0.621. The van der Waals surface area contributed by atoms with E-state index in [9.17, 15) is 24.7 Å². The minimum Gasteiger partial charge on any atom is -0.711 e. The van der Waals surface area contributed by atoms with Gasteiger partial charge in [-0.2, -0.15) is 14.6 Å². The first-order valence-electron chi connectivity index (χ1n) is 9.44. The summed E-state index contributed by atoms with van der Waals surface area (Å²) in [5, 5.41) is 34.2. The molecule has 0 unspecified atom stereocenters.